The smallest absolute Gasteiger partial charge is 0.248 e. The summed E-state index contributed by atoms with van der Waals surface area (Å²) in [5.41, 5.74) is 4.01. The Morgan fingerprint density at radius 3 is 2.24 bits per heavy atom. The van der Waals surface area contributed by atoms with Crippen molar-refractivity contribution in [3.8, 4) is 5.75 Å². The topological polar surface area (TPSA) is 38.3 Å². The van der Waals surface area contributed by atoms with Gasteiger partial charge in [0.2, 0.25) is 5.91 Å². The van der Waals surface area contributed by atoms with E-state index in [0.717, 1.165) is 22.6 Å². The molecule has 0 spiro atoms. The summed E-state index contributed by atoms with van der Waals surface area (Å²) in [5, 5.41) is 3.58. The second-order valence-electron chi connectivity index (χ2n) is 7.08. The Kier molecular flexibility index (Phi) is 7.09. The monoisotopic (exact) mass is 405 g/mol. The Balaban J connectivity index is 1.51. The molecule has 0 aliphatic heterocycles. The Bertz CT molecular complexity index is 959. The van der Waals surface area contributed by atoms with E-state index in [2.05, 4.69) is 19.2 Å². The van der Waals surface area contributed by atoms with E-state index >= 15 is 0 Å². The minimum Gasteiger partial charge on any atom is -0.489 e. The van der Waals surface area contributed by atoms with E-state index in [0.29, 0.717) is 17.5 Å². The molecule has 3 aromatic rings. The minimum atomic E-state index is -0.162. The average molecular weight is 406 g/mol. The number of rotatable bonds is 7. The lowest BCUT2D eigenvalue weighted by Crippen LogP contribution is -2.07. The van der Waals surface area contributed by atoms with Crippen LogP contribution in [0.2, 0.25) is 5.02 Å². The van der Waals surface area contributed by atoms with Gasteiger partial charge in [-0.3, -0.25) is 4.79 Å². The van der Waals surface area contributed by atoms with Crippen molar-refractivity contribution >= 4 is 29.3 Å². The van der Waals surface area contributed by atoms with Gasteiger partial charge < -0.3 is 10.1 Å². The van der Waals surface area contributed by atoms with Crippen molar-refractivity contribution in [1.82, 2.24) is 0 Å². The summed E-state index contributed by atoms with van der Waals surface area (Å²) in [4.78, 5) is 12.1. The van der Waals surface area contributed by atoms with E-state index in [1.165, 1.54) is 11.6 Å². The molecular weight excluding hydrogens is 382 g/mol. The first-order valence-corrected chi connectivity index (χ1v) is 9.94. The van der Waals surface area contributed by atoms with E-state index in [4.69, 9.17) is 16.3 Å². The number of amides is 1. The van der Waals surface area contributed by atoms with Crippen molar-refractivity contribution in [2.45, 2.75) is 26.4 Å². The third-order valence-corrected chi connectivity index (χ3v) is 4.72. The minimum absolute atomic E-state index is 0.162. The summed E-state index contributed by atoms with van der Waals surface area (Å²) in [5.74, 6) is 1.08. The standard InChI is InChI=1S/C25H24ClNO2/c1-18(2)21-8-12-23(13-9-21)27-25(28)16-7-19-5-14-24(15-6-19)29-17-20-3-10-22(26)11-4-20/h3-16,18H,17H2,1-2H3,(H,27,28)/b16-7+. The molecule has 1 N–H and O–H groups in total. The summed E-state index contributed by atoms with van der Waals surface area (Å²) >= 11 is 5.89. The Labute approximate surface area is 177 Å². The third-order valence-electron chi connectivity index (χ3n) is 4.47. The molecule has 0 fully saturated rings. The van der Waals surface area contributed by atoms with Crippen LogP contribution in [0.1, 0.15) is 36.5 Å². The van der Waals surface area contributed by atoms with E-state index in [-0.39, 0.29) is 5.91 Å². The van der Waals surface area contributed by atoms with Crippen LogP contribution in [0.3, 0.4) is 0 Å². The maximum Gasteiger partial charge on any atom is 0.248 e. The Morgan fingerprint density at radius 2 is 1.62 bits per heavy atom. The molecule has 0 aliphatic carbocycles. The van der Waals surface area contributed by atoms with Crippen LogP contribution in [0.4, 0.5) is 5.69 Å². The predicted octanol–water partition coefficient (Wildman–Crippen LogP) is 6.69. The number of ether oxygens (including phenoxy) is 1. The second kappa shape index (κ2) is 9.94. The summed E-state index contributed by atoms with van der Waals surface area (Å²) in [6, 6.07) is 23.1. The molecule has 0 unspecified atom stereocenters. The summed E-state index contributed by atoms with van der Waals surface area (Å²) in [6.07, 6.45) is 3.31. The molecular formula is C25H24ClNO2. The van der Waals surface area contributed by atoms with Gasteiger partial charge >= 0.3 is 0 Å². The normalized spacial score (nSPS) is 11.0. The largest absolute Gasteiger partial charge is 0.489 e. The lowest BCUT2D eigenvalue weighted by Gasteiger charge is -2.07. The molecule has 0 atom stereocenters. The van der Waals surface area contributed by atoms with Crippen molar-refractivity contribution in [3.05, 3.63) is 101 Å². The quantitative estimate of drug-likeness (QED) is 0.444. The summed E-state index contributed by atoms with van der Waals surface area (Å²) in [6.45, 7) is 4.76. The lowest BCUT2D eigenvalue weighted by atomic mass is 10.0. The van der Waals surface area contributed by atoms with Crippen molar-refractivity contribution in [2.24, 2.45) is 0 Å². The fourth-order valence-corrected chi connectivity index (χ4v) is 2.86. The number of carbonyl (C=O) groups is 1. The van der Waals surface area contributed by atoms with Crippen LogP contribution in [0.25, 0.3) is 6.08 Å². The second-order valence-corrected chi connectivity index (χ2v) is 7.52. The van der Waals surface area contributed by atoms with Crippen LogP contribution in [0, 0.1) is 0 Å². The first kappa shape index (κ1) is 20.7. The average Bonchev–Trinajstić information content (AvgIpc) is 2.73. The summed E-state index contributed by atoms with van der Waals surface area (Å²) < 4.78 is 5.77. The summed E-state index contributed by atoms with van der Waals surface area (Å²) in [7, 11) is 0. The van der Waals surface area contributed by atoms with E-state index < -0.39 is 0 Å². The molecule has 3 aromatic carbocycles. The fourth-order valence-electron chi connectivity index (χ4n) is 2.73. The van der Waals surface area contributed by atoms with Gasteiger partial charge in [-0.25, -0.2) is 0 Å². The van der Waals surface area contributed by atoms with Gasteiger partial charge in [-0.05, 0) is 65.1 Å². The fraction of sp³-hybridized carbons (Fsp3) is 0.160. The van der Waals surface area contributed by atoms with Crippen LogP contribution < -0.4 is 10.1 Å². The molecule has 0 bridgehead atoms. The van der Waals surface area contributed by atoms with Gasteiger partial charge in [0, 0.05) is 16.8 Å². The van der Waals surface area contributed by atoms with Crippen molar-refractivity contribution in [3.63, 3.8) is 0 Å². The van der Waals surface area contributed by atoms with Gasteiger partial charge in [0.05, 0.1) is 0 Å². The van der Waals surface area contributed by atoms with Gasteiger partial charge in [-0.2, -0.15) is 0 Å². The highest BCUT2D eigenvalue weighted by Gasteiger charge is 2.01. The number of hydrogen-bond donors (Lipinski definition) is 1. The van der Waals surface area contributed by atoms with Gasteiger partial charge in [0.25, 0.3) is 0 Å². The molecule has 3 nitrogen and oxygen atoms in total. The lowest BCUT2D eigenvalue weighted by molar-refractivity contribution is -0.111. The molecule has 1 amide bonds. The first-order chi connectivity index (χ1) is 14.0. The Hall–Kier alpha value is -3.04. The maximum absolute atomic E-state index is 12.1. The number of nitrogens with one attached hydrogen (secondary N) is 1. The van der Waals surface area contributed by atoms with Gasteiger partial charge in [-0.1, -0.05) is 61.8 Å². The molecule has 0 saturated carbocycles. The van der Waals surface area contributed by atoms with Gasteiger partial charge in [-0.15, -0.1) is 0 Å². The zero-order valence-corrected chi connectivity index (χ0v) is 17.3. The molecule has 0 heterocycles. The first-order valence-electron chi connectivity index (χ1n) is 9.56. The SMILES string of the molecule is CC(C)c1ccc(NC(=O)/C=C/c2ccc(OCc3ccc(Cl)cc3)cc2)cc1. The molecule has 0 aromatic heterocycles. The van der Waals surface area contributed by atoms with Crippen molar-refractivity contribution < 1.29 is 9.53 Å². The number of hydrogen-bond acceptors (Lipinski definition) is 2. The highest BCUT2D eigenvalue weighted by molar-refractivity contribution is 6.30. The highest BCUT2D eigenvalue weighted by Crippen LogP contribution is 2.18. The molecule has 3 rings (SSSR count). The molecule has 148 valence electrons. The van der Waals surface area contributed by atoms with Crippen molar-refractivity contribution in [1.29, 1.82) is 0 Å². The maximum atomic E-state index is 12.1. The van der Waals surface area contributed by atoms with Crippen LogP contribution in [0.15, 0.2) is 78.9 Å². The zero-order chi connectivity index (χ0) is 20.6. The van der Waals surface area contributed by atoms with Crippen molar-refractivity contribution in [2.75, 3.05) is 5.32 Å². The van der Waals surface area contributed by atoms with Gasteiger partial charge in [0.15, 0.2) is 0 Å². The number of benzene rings is 3. The van der Waals surface area contributed by atoms with E-state index in [1.54, 1.807) is 6.08 Å². The van der Waals surface area contributed by atoms with Crippen LogP contribution >= 0.6 is 11.6 Å². The number of halogens is 1. The Morgan fingerprint density at radius 1 is 0.966 bits per heavy atom. The van der Waals surface area contributed by atoms with Crippen LogP contribution in [-0.4, -0.2) is 5.91 Å². The molecule has 0 saturated heterocycles. The molecule has 0 aliphatic rings. The number of carbonyl (C=O) groups excluding carboxylic acids is 1. The van der Waals surface area contributed by atoms with E-state index in [9.17, 15) is 4.79 Å². The molecule has 4 heteroatoms. The molecule has 29 heavy (non-hydrogen) atoms. The van der Waals surface area contributed by atoms with Gasteiger partial charge in [0.1, 0.15) is 12.4 Å². The van der Waals surface area contributed by atoms with Crippen LogP contribution in [-0.2, 0) is 11.4 Å². The van der Waals surface area contributed by atoms with Crippen LogP contribution in [0.5, 0.6) is 5.75 Å². The third kappa shape index (κ3) is 6.51. The molecule has 0 radical (unpaired) electrons. The zero-order valence-electron chi connectivity index (χ0n) is 16.6. The highest BCUT2D eigenvalue weighted by atomic mass is 35.5. The van der Waals surface area contributed by atoms with E-state index in [1.807, 2.05) is 72.8 Å². The predicted molar refractivity (Wildman–Crippen MR) is 120 cm³/mol. The number of anilines is 1.